The predicted octanol–water partition coefficient (Wildman–Crippen LogP) is 5.44. The molecule has 1 aliphatic rings. The molecule has 0 spiro atoms. The van der Waals surface area contributed by atoms with Crippen molar-refractivity contribution < 1.29 is 32.4 Å². The van der Waals surface area contributed by atoms with Crippen LogP contribution in [0.4, 0.5) is 14.5 Å². The average Bonchev–Trinajstić information content (AvgIpc) is 2.75. The molecule has 0 fully saturated rings. The summed E-state index contributed by atoms with van der Waals surface area (Å²) in [6.45, 7) is -0.209. The number of hydrogen-bond donors (Lipinski definition) is 2. The van der Waals surface area contributed by atoms with Crippen LogP contribution in [0, 0.1) is 11.6 Å². The summed E-state index contributed by atoms with van der Waals surface area (Å²) in [5.74, 6) is -2.97. The number of phenols is 1. The van der Waals surface area contributed by atoms with Gasteiger partial charge in [0.05, 0.1) is 16.3 Å². The van der Waals surface area contributed by atoms with Crippen molar-refractivity contribution >= 4 is 50.2 Å². The fourth-order valence-corrected chi connectivity index (χ4v) is 4.65. The highest BCUT2D eigenvalue weighted by atomic mass is 79.9. The van der Waals surface area contributed by atoms with Crippen molar-refractivity contribution in [1.82, 2.24) is 0 Å². The zero-order valence-corrected chi connectivity index (χ0v) is 19.1. The number of rotatable bonds is 0. The van der Waals surface area contributed by atoms with Gasteiger partial charge in [0.15, 0.2) is 16.7 Å². The van der Waals surface area contributed by atoms with Crippen LogP contribution in [-0.2, 0) is 15.7 Å². The van der Waals surface area contributed by atoms with E-state index in [1.165, 1.54) is 0 Å². The summed E-state index contributed by atoms with van der Waals surface area (Å²) in [6, 6.07) is 8.88. The number of anilines is 1. The summed E-state index contributed by atoms with van der Waals surface area (Å²) in [5, 5.41) is 9.97. The maximum absolute atomic E-state index is 14.7. The van der Waals surface area contributed by atoms with E-state index in [0.717, 1.165) is 18.2 Å². The summed E-state index contributed by atoms with van der Waals surface area (Å²) in [6.07, 6.45) is 0. The average molecular weight is 545 g/mol. The number of carbonyl (C=O) groups is 1. The predicted molar refractivity (Wildman–Crippen MR) is 118 cm³/mol. The number of phenolic OH excluding ortho intramolecular Hbond substituents is 1. The smallest absolute Gasteiger partial charge is 0.338 e. The lowest BCUT2D eigenvalue weighted by Gasteiger charge is -2.15. The fraction of sp³-hybridized carbons (Fsp3) is 0.0952. The van der Waals surface area contributed by atoms with Crippen LogP contribution in [0.1, 0.15) is 10.4 Å². The molecule has 4 rings (SSSR count). The molecule has 3 aromatic carbocycles. The Morgan fingerprint density at radius 3 is 2.56 bits per heavy atom. The van der Waals surface area contributed by atoms with Gasteiger partial charge in [-0.25, -0.2) is 17.8 Å². The molecule has 6 nitrogen and oxygen atoms in total. The number of halogens is 4. The second-order valence-electron chi connectivity index (χ2n) is 6.61. The number of hydrogen-bond acceptors (Lipinski definition) is 5. The van der Waals surface area contributed by atoms with Crippen LogP contribution in [0.2, 0.25) is 5.02 Å². The highest BCUT2D eigenvalue weighted by molar-refractivity contribution is 9.10. The molecule has 11 heteroatoms. The fourth-order valence-electron chi connectivity index (χ4n) is 3.03. The van der Waals surface area contributed by atoms with Crippen LogP contribution < -0.4 is 9.46 Å². The Hall–Kier alpha value is -2.69. The first-order valence-corrected chi connectivity index (χ1v) is 11.4. The Labute approximate surface area is 196 Å². The lowest BCUT2D eigenvalue weighted by Crippen LogP contribution is -2.13. The van der Waals surface area contributed by atoms with Gasteiger partial charge in [0, 0.05) is 21.7 Å². The number of fused-ring (bicyclic) bond motifs is 6. The number of nitrogens with one attached hydrogen (secondary N) is 1. The van der Waals surface area contributed by atoms with E-state index in [1.54, 1.807) is 18.2 Å². The number of aromatic hydroxyl groups is 1. The molecule has 1 heterocycles. The lowest BCUT2D eigenvalue weighted by atomic mass is 10.0. The summed E-state index contributed by atoms with van der Waals surface area (Å²) in [5.41, 5.74) is -0.107. The van der Waals surface area contributed by atoms with Crippen molar-refractivity contribution in [3.8, 4) is 22.6 Å². The Bertz CT molecular complexity index is 1270. The van der Waals surface area contributed by atoms with Gasteiger partial charge in [-0.2, -0.15) is 0 Å². The molecule has 0 aliphatic carbocycles. The van der Waals surface area contributed by atoms with Crippen molar-refractivity contribution in [3.05, 3.63) is 69.2 Å². The van der Waals surface area contributed by atoms with Gasteiger partial charge in [-0.15, -0.1) is 0 Å². The van der Waals surface area contributed by atoms with Gasteiger partial charge >= 0.3 is 5.97 Å². The first kappa shape index (κ1) is 22.5. The van der Waals surface area contributed by atoms with E-state index in [1.807, 2.05) is 0 Å². The number of carbonyl (C=O) groups excluding carboxylic acids is 1. The normalized spacial score (nSPS) is 16.0. The van der Waals surface area contributed by atoms with Crippen molar-refractivity contribution in [1.29, 1.82) is 0 Å². The van der Waals surface area contributed by atoms with E-state index >= 15 is 0 Å². The molecule has 32 heavy (non-hydrogen) atoms. The minimum absolute atomic E-state index is 0.0231. The number of benzene rings is 3. The molecule has 4 bridgehead atoms. The second kappa shape index (κ2) is 9.05. The zero-order chi connectivity index (χ0) is 23.0. The Morgan fingerprint density at radius 2 is 1.78 bits per heavy atom. The van der Waals surface area contributed by atoms with Crippen LogP contribution in [0.15, 0.2) is 51.8 Å². The molecule has 3 aromatic rings. The second-order valence-corrected chi connectivity index (χ2v) is 9.12. The molecule has 0 saturated carbocycles. The third-order valence-corrected chi connectivity index (χ3v) is 6.43. The number of esters is 1. The Kier molecular flexibility index (Phi) is 6.36. The van der Waals surface area contributed by atoms with Crippen LogP contribution in [-0.4, -0.2) is 28.5 Å². The molecule has 2 N–H and O–H groups in total. The molecular weight excluding hydrogens is 532 g/mol. The van der Waals surface area contributed by atoms with E-state index < -0.39 is 34.3 Å². The summed E-state index contributed by atoms with van der Waals surface area (Å²) < 4.78 is 55.9. The minimum atomic E-state index is -2.26. The van der Waals surface area contributed by atoms with Gasteiger partial charge in [0.25, 0.3) is 0 Å². The van der Waals surface area contributed by atoms with Crippen LogP contribution in [0.3, 0.4) is 0 Å². The molecule has 0 aromatic heterocycles. The van der Waals surface area contributed by atoms with Gasteiger partial charge in [0.1, 0.15) is 35.5 Å². The van der Waals surface area contributed by atoms with Crippen molar-refractivity contribution in [2.45, 2.75) is 4.90 Å². The molecule has 0 amide bonds. The molecule has 1 aliphatic heterocycles. The van der Waals surface area contributed by atoms with Gasteiger partial charge in [0.2, 0.25) is 0 Å². The van der Waals surface area contributed by atoms with Crippen molar-refractivity contribution in [2.24, 2.45) is 0 Å². The van der Waals surface area contributed by atoms with Gasteiger partial charge in [-0.1, -0.05) is 27.5 Å². The molecule has 166 valence electrons. The van der Waals surface area contributed by atoms with E-state index in [2.05, 4.69) is 20.7 Å². The minimum Gasteiger partial charge on any atom is -0.505 e. The Balaban J connectivity index is 1.89. The molecular formula is C21H13BrClF2NO5S. The molecule has 0 radical (unpaired) electrons. The molecule has 1 atom stereocenters. The standard InChI is InChI=1S/C21H13BrClF2NO5S/c22-11-1-2-18-13(7-11)12-8-17(16(25)9-15(12)24)26-32(29)19-6-10(5-14(23)20(19)27)21(28)31-4-3-30-18/h1-2,5-9,26-27H,3-4H2. The van der Waals surface area contributed by atoms with Crippen LogP contribution in [0.5, 0.6) is 11.5 Å². The van der Waals surface area contributed by atoms with E-state index in [-0.39, 0.29) is 45.7 Å². The first-order chi connectivity index (χ1) is 15.2. The monoisotopic (exact) mass is 543 g/mol. The highest BCUT2D eigenvalue weighted by Crippen LogP contribution is 2.38. The van der Waals surface area contributed by atoms with Crippen molar-refractivity contribution in [2.75, 3.05) is 17.9 Å². The Morgan fingerprint density at radius 1 is 1.03 bits per heavy atom. The summed E-state index contributed by atoms with van der Waals surface area (Å²) in [7, 11) is -2.26. The van der Waals surface area contributed by atoms with E-state index in [0.29, 0.717) is 16.1 Å². The quantitative estimate of drug-likeness (QED) is 0.368. The topological polar surface area (TPSA) is 84.9 Å². The first-order valence-electron chi connectivity index (χ1n) is 9.04. The highest BCUT2D eigenvalue weighted by Gasteiger charge is 2.22. The van der Waals surface area contributed by atoms with Crippen LogP contribution in [0.25, 0.3) is 11.1 Å². The molecule has 0 saturated heterocycles. The summed E-state index contributed by atoms with van der Waals surface area (Å²) in [4.78, 5) is 12.1. The maximum Gasteiger partial charge on any atom is 0.338 e. The van der Waals surface area contributed by atoms with Gasteiger partial charge < -0.3 is 14.6 Å². The van der Waals surface area contributed by atoms with Crippen LogP contribution >= 0.6 is 27.5 Å². The van der Waals surface area contributed by atoms with Crippen molar-refractivity contribution in [3.63, 3.8) is 0 Å². The third-order valence-electron chi connectivity index (χ3n) is 4.53. The largest absolute Gasteiger partial charge is 0.505 e. The summed E-state index contributed by atoms with van der Waals surface area (Å²) >= 11 is 9.27. The zero-order valence-electron chi connectivity index (χ0n) is 16.0. The van der Waals surface area contributed by atoms with E-state index in [4.69, 9.17) is 21.1 Å². The molecule has 1 unspecified atom stereocenters. The lowest BCUT2D eigenvalue weighted by molar-refractivity contribution is 0.0450. The van der Waals surface area contributed by atoms with Gasteiger partial charge in [-0.3, -0.25) is 4.72 Å². The van der Waals surface area contributed by atoms with Gasteiger partial charge in [-0.05, 0) is 36.4 Å². The van der Waals surface area contributed by atoms with E-state index in [9.17, 15) is 22.9 Å². The maximum atomic E-state index is 14.7. The number of cyclic esters (lactones) is 1. The third kappa shape index (κ3) is 4.43. The number of ether oxygens (including phenoxy) is 2. The SMILES string of the molecule is O=C1OCCOc2ccc(Br)cc2-c2cc(c(F)cc2F)NS(=O)c2cc1cc(Cl)c2O.